The summed E-state index contributed by atoms with van der Waals surface area (Å²) in [6, 6.07) is 13.4. The lowest BCUT2D eigenvalue weighted by Crippen LogP contribution is -2.13. The Morgan fingerprint density at radius 2 is 1.93 bits per heavy atom. The minimum Gasteiger partial charge on any atom is -0.495 e. The summed E-state index contributed by atoms with van der Waals surface area (Å²) in [5.41, 5.74) is 3.86. The fourth-order valence-corrected chi connectivity index (χ4v) is 4.49. The number of benzene rings is 2. The highest BCUT2D eigenvalue weighted by molar-refractivity contribution is 8.02. The molecule has 0 saturated heterocycles. The monoisotopic (exact) mass is 399 g/mol. The highest BCUT2D eigenvalue weighted by atomic mass is 32.2. The van der Waals surface area contributed by atoms with Crippen LogP contribution in [-0.2, 0) is 0 Å². The van der Waals surface area contributed by atoms with E-state index in [-0.39, 0.29) is 11.0 Å². The van der Waals surface area contributed by atoms with E-state index in [9.17, 15) is 4.79 Å². The zero-order valence-corrected chi connectivity index (χ0v) is 17.3. The Hall–Kier alpha value is -2.38. The van der Waals surface area contributed by atoms with Crippen LogP contribution in [0.5, 0.6) is 5.75 Å². The van der Waals surface area contributed by atoms with Gasteiger partial charge in [-0.3, -0.25) is 4.79 Å². The summed E-state index contributed by atoms with van der Waals surface area (Å²) in [6.07, 6.45) is 0. The number of nitrogens with one attached hydrogen (secondary N) is 1. The zero-order valence-electron chi connectivity index (χ0n) is 15.6. The molecule has 0 saturated carbocycles. The Morgan fingerprint density at radius 3 is 2.67 bits per heavy atom. The number of ether oxygens (including phenoxy) is 1. The van der Waals surface area contributed by atoms with Crippen LogP contribution in [-0.4, -0.2) is 28.3 Å². The number of ketones is 1. The molecule has 0 aliphatic heterocycles. The number of nitrogens with zero attached hydrogens (tertiary/aromatic N) is 2. The van der Waals surface area contributed by atoms with Crippen molar-refractivity contribution >= 4 is 39.7 Å². The number of para-hydroxylation sites is 2. The Balaban J connectivity index is 1.67. The SMILES string of the molecule is COc1ccccc1Nc1nnc(S[C@H](C)C(=O)c2ccc(C)c(C)c2)s1. The molecular weight excluding hydrogens is 378 g/mol. The van der Waals surface area contributed by atoms with Gasteiger partial charge in [-0.05, 0) is 50.1 Å². The summed E-state index contributed by atoms with van der Waals surface area (Å²) in [6.45, 7) is 5.96. The minimum atomic E-state index is -0.237. The second-order valence-corrected chi connectivity index (χ2v) is 8.69. The van der Waals surface area contributed by atoms with E-state index in [1.165, 1.54) is 28.7 Å². The minimum absolute atomic E-state index is 0.0949. The van der Waals surface area contributed by atoms with Gasteiger partial charge in [0.2, 0.25) is 5.13 Å². The normalized spacial score (nSPS) is 11.9. The number of aromatic nitrogens is 2. The summed E-state index contributed by atoms with van der Waals surface area (Å²) >= 11 is 2.84. The Labute approximate surface area is 167 Å². The van der Waals surface area contributed by atoms with Gasteiger partial charge < -0.3 is 10.1 Å². The van der Waals surface area contributed by atoms with E-state index in [4.69, 9.17) is 4.74 Å². The van der Waals surface area contributed by atoms with E-state index < -0.39 is 0 Å². The van der Waals surface area contributed by atoms with E-state index in [0.29, 0.717) is 5.13 Å². The van der Waals surface area contributed by atoms with Crippen LogP contribution < -0.4 is 10.1 Å². The molecule has 0 aliphatic carbocycles. The number of rotatable bonds is 7. The topological polar surface area (TPSA) is 64.1 Å². The van der Waals surface area contributed by atoms with E-state index in [1.54, 1.807) is 7.11 Å². The lowest BCUT2D eigenvalue weighted by atomic mass is 10.0. The van der Waals surface area contributed by atoms with E-state index in [1.807, 2.05) is 63.2 Å². The number of hydrogen-bond acceptors (Lipinski definition) is 7. The van der Waals surface area contributed by atoms with Crippen LogP contribution in [0.4, 0.5) is 10.8 Å². The Kier molecular flexibility index (Phi) is 6.13. The molecule has 140 valence electrons. The van der Waals surface area contributed by atoms with E-state index in [2.05, 4.69) is 15.5 Å². The van der Waals surface area contributed by atoms with Gasteiger partial charge in [0.15, 0.2) is 10.1 Å². The number of anilines is 2. The fourth-order valence-electron chi connectivity index (χ4n) is 2.51. The molecule has 0 unspecified atom stereocenters. The highest BCUT2D eigenvalue weighted by Crippen LogP contribution is 2.33. The molecular formula is C20H21N3O2S2. The molecule has 2 aromatic carbocycles. The van der Waals surface area contributed by atoms with Crippen LogP contribution in [0.2, 0.25) is 0 Å². The molecule has 7 heteroatoms. The van der Waals surface area contributed by atoms with Crippen LogP contribution in [0, 0.1) is 13.8 Å². The number of aryl methyl sites for hydroxylation is 2. The van der Waals surface area contributed by atoms with Gasteiger partial charge in [-0.25, -0.2) is 0 Å². The lowest BCUT2D eigenvalue weighted by Gasteiger charge is -2.09. The van der Waals surface area contributed by atoms with Crippen molar-refractivity contribution < 1.29 is 9.53 Å². The van der Waals surface area contributed by atoms with Gasteiger partial charge in [-0.15, -0.1) is 10.2 Å². The van der Waals surface area contributed by atoms with Crippen molar-refractivity contribution in [3.63, 3.8) is 0 Å². The Morgan fingerprint density at radius 1 is 1.15 bits per heavy atom. The van der Waals surface area contributed by atoms with Crippen molar-refractivity contribution in [2.75, 3.05) is 12.4 Å². The molecule has 3 rings (SSSR count). The second kappa shape index (κ2) is 8.54. The molecule has 27 heavy (non-hydrogen) atoms. The van der Waals surface area contributed by atoms with Gasteiger partial charge in [-0.2, -0.15) is 0 Å². The van der Waals surface area contributed by atoms with E-state index in [0.717, 1.165) is 26.9 Å². The predicted molar refractivity (Wildman–Crippen MR) is 112 cm³/mol. The standard InChI is InChI=1S/C20H21N3O2S2/c1-12-9-10-15(11-13(12)2)18(24)14(3)26-20-23-22-19(27-20)21-16-7-5-6-8-17(16)25-4/h5-11,14H,1-4H3,(H,21,22)/t14-/m1/s1. The summed E-state index contributed by atoms with van der Waals surface area (Å²) in [5.74, 6) is 0.831. The van der Waals surface area contributed by atoms with Gasteiger partial charge in [0, 0.05) is 5.56 Å². The number of hydrogen-bond donors (Lipinski definition) is 1. The van der Waals surface area contributed by atoms with Crippen LogP contribution in [0.1, 0.15) is 28.4 Å². The van der Waals surface area contributed by atoms with Crippen molar-refractivity contribution in [1.82, 2.24) is 10.2 Å². The van der Waals surface area contributed by atoms with Crippen LogP contribution >= 0.6 is 23.1 Å². The zero-order chi connectivity index (χ0) is 19.4. The van der Waals surface area contributed by atoms with Gasteiger partial charge in [0.05, 0.1) is 18.0 Å². The molecule has 0 spiro atoms. The summed E-state index contributed by atoms with van der Waals surface area (Å²) in [5, 5.41) is 12.0. The molecule has 1 N–H and O–H groups in total. The summed E-state index contributed by atoms with van der Waals surface area (Å²) < 4.78 is 6.08. The molecule has 1 heterocycles. The quantitative estimate of drug-likeness (QED) is 0.431. The average molecular weight is 400 g/mol. The van der Waals surface area contributed by atoms with Crippen LogP contribution in [0.25, 0.3) is 0 Å². The molecule has 0 radical (unpaired) electrons. The van der Waals surface area contributed by atoms with Crippen molar-refractivity contribution in [3.05, 3.63) is 59.2 Å². The summed E-state index contributed by atoms with van der Waals surface area (Å²) in [7, 11) is 1.63. The van der Waals surface area contributed by atoms with Crippen molar-refractivity contribution in [2.24, 2.45) is 0 Å². The largest absolute Gasteiger partial charge is 0.495 e. The molecule has 0 amide bonds. The number of carbonyl (C=O) groups is 1. The van der Waals surface area contributed by atoms with Crippen LogP contribution in [0.3, 0.4) is 0 Å². The molecule has 3 aromatic rings. The number of Topliss-reactive ketones (excluding diaryl/α,β-unsaturated/α-hetero) is 1. The van der Waals surface area contributed by atoms with Crippen LogP contribution in [0.15, 0.2) is 46.8 Å². The second-order valence-electron chi connectivity index (χ2n) is 6.12. The van der Waals surface area contributed by atoms with E-state index >= 15 is 0 Å². The number of methoxy groups -OCH3 is 1. The first kappa shape index (κ1) is 19.4. The lowest BCUT2D eigenvalue weighted by molar-refractivity contribution is 0.0994. The first-order chi connectivity index (χ1) is 13.0. The molecule has 0 fully saturated rings. The average Bonchev–Trinajstić information content (AvgIpc) is 3.10. The first-order valence-electron chi connectivity index (χ1n) is 8.49. The molecule has 5 nitrogen and oxygen atoms in total. The maximum atomic E-state index is 12.7. The van der Waals surface area contributed by atoms with Crippen molar-refractivity contribution in [2.45, 2.75) is 30.4 Å². The van der Waals surface area contributed by atoms with Crippen molar-refractivity contribution in [3.8, 4) is 5.75 Å². The Bertz CT molecular complexity index is 956. The van der Waals surface area contributed by atoms with Crippen molar-refractivity contribution in [1.29, 1.82) is 0 Å². The molecule has 1 atom stereocenters. The molecule has 0 aliphatic rings. The molecule has 1 aromatic heterocycles. The smallest absolute Gasteiger partial charge is 0.210 e. The number of thioether (sulfide) groups is 1. The van der Waals surface area contributed by atoms with Gasteiger partial charge in [0.25, 0.3) is 0 Å². The van der Waals surface area contributed by atoms with Gasteiger partial charge in [-0.1, -0.05) is 47.4 Å². The first-order valence-corrected chi connectivity index (χ1v) is 10.2. The fraction of sp³-hybridized carbons (Fsp3) is 0.250. The third kappa shape index (κ3) is 4.67. The van der Waals surface area contributed by atoms with Gasteiger partial charge in [0.1, 0.15) is 5.75 Å². The molecule has 0 bridgehead atoms. The van der Waals surface area contributed by atoms with Gasteiger partial charge >= 0.3 is 0 Å². The number of carbonyl (C=O) groups excluding carboxylic acids is 1. The third-order valence-corrected chi connectivity index (χ3v) is 6.22. The predicted octanol–water partition coefficient (Wildman–Crippen LogP) is 5.27. The maximum absolute atomic E-state index is 12.7. The summed E-state index contributed by atoms with van der Waals surface area (Å²) in [4.78, 5) is 12.7. The third-order valence-electron chi connectivity index (χ3n) is 4.19. The maximum Gasteiger partial charge on any atom is 0.210 e. The highest BCUT2D eigenvalue weighted by Gasteiger charge is 2.19.